The third kappa shape index (κ3) is 2.12. The monoisotopic (exact) mass is 211 g/mol. The fourth-order valence-corrected chi connectivity index (χ4v) is 2.67. The molecule has 0 bridgehead atoms. The Kier molecular flexibility index (Phi) is 3.63. The van der Waals surface area contributed by atoms with Crippen LogP contribution in [0.25, 0.3) is 0 Å². The summed E-state index contributed by atoms with van der Waals surface area (Å²) in [5.41, 5.74) is 6.36. The molecule has 1 heterocycles. The fraction of sp³-hybridized carbons (Fsp3) is 0.600. The molecule has 78 valence electrons. The standard InChI is InChI=1S/C10H17N3S/c1-4-7(5-2)10-13-6(3)8(14-10)9(11)12/h7H,4-5H2,1-3H3,(H3,11,12). The molecule has 0 fully saturated rings. The van der Waals surface area contributed by atoms with Crippen LogP contribution >= 0.6 is 11.3 Å². The normalized spacial score (nSPS) is 10.9. The van der Waals surface area contributed by atoms with Crippen LogP contribution in [0.5, 0.6) is 0 Å². The Bertz CT molecular complexity index is 326. The molecule has 0 aliphatic heterocycles. The van der Waals surface area contributed by atoms with E-state index in [1.54, 1.807) is 11.3 Å². The maximum atomic E-state index is 7.39. The van der Waals surface area contributed by atoms with Crippen LogP contribution in [0, 0.1) is 12.3 Å². The second-order valence-corrected chi connectivity index (χ2v) is 4.42. The highest BCUT2D eigenvalue weighted by molar-refractivity contribution is 7.13. The zero-order chi connectivity index (χ0) is 10.7. The van der Waals surface area contributed by atoms with Crippen LogP contribution in [0.15, 0.2) is 0 Å². The predicted molar refractivity (Wildman–Crippen MR) is 61.2 cm³/mol. The zero-order valence-corrected chi connectivity index (χ0v) is 9.74. The second kappa shape index (κ2) is 4.55. The summed E-state index contributed by atoms with van der Waals surface area (Å²) in [6.07, 6.45) is 2.20. The number of nitrogen functional groups attached to an aromatic ring is 1. The van der Waals surface area contributed by atoms with Crippen molar-refractivity contribution in [1.29, 1.82) is 5.41 Å². The van der Waals surface area contributed by atoms with Crippen LogP contribution in [0.1, 0.15) is 48.2 Å². The van der Waals surface area contributed by atoms with Crippen molar-refractivity contribution in [3.05, 3.63) is 15.6 Å². The van der Waals surface area contributed by atoms with E-state index >= 15 is 0 Å². The molecule has 3 N–H and O–H groups in total. The lowest BCUT2D eigenvalue weighted by atomic mass is 10.1. The minimum absolute atomic E-state index is 0.136. The van der Waals surface area contributed by atoms with Gasteiger partial charge in [0.1, 0.15) is 5.84 Å². The molecule has 1 rings (SSSR count). The van der Waals surface area contributed by atoms with E-state index in [0.717, 1.165) is 28.4 Å². The lowest BCUT2D eigenvalue weighted by Gasteiger charge is -2.06. The molecule has 0 radical (unpaired) electrons. The number of aromatic nitrogens is 1. The molecule has 14 heavy (non-hydrogen) atoms. The van der Waals surface area contributed by atoms with Crippen LogP contribution in [0.3, 0.4) is 0 Å². The highest BCUT2D eigenvalue weighted by Crippen LogP contribution is 2.28. The number of rotatable bonds is 4. The van der Waals surface area contributed by atoms with Crippen molar-refractivity contribution in [2.24, 2.45) is 5.73 Å². The quantitative estimate of drug-likeness (QED) is 0.594. The molecule has 3 nitrogen and oxygen atoms in total. The first-order valence-corrected chi connectivity index (χ1v) is 5.73. The van der Waals surface area contributed by atoms with Gasteiger partial charge < -0.3 is 5.73 Å². The lowest BCUT2D eigenvalue weighted by molar-refractivity contribution is 0.636. The minimum atomic E-state index is 0.136. The minimum Gasteiger partial charge on any atom is -0.383 e. The Morgan fingerprint density at radius 2 is 2.07 bits per heavy atom. The number of amidine groups is 1. The first-order chi connectivity index (χ1) is 6.60. The highest BCUT2D eigenvalue weighted by Gasteiger charge is 2.15. The molecular weight excluding hydrogens is 194 g/mol. The van der Waals surface area contributed by atoms with Gasteiger partial charge in [-0.2, -0.15) is 0 Å². The van der Waals surface area contributed by atoms with Gasteiger partial charge in [-0.3, -0.25) is 5.41 Å². The van der Waals surface area contributed by atoms with Gasteiger partial charge in [0.05, 0.1) is 15.6 Å². The molecule has 1 aromatic heterocycles. The lowest BCUT2D eigenvalue weighted by Crippen LogP contribution is -2.10. The van der Waals surface area contributed by atoms with E-state index in [2.05, 4.69) is 18.8 Å². The summed E-state index contributed by atoms with van der Waals surface area (Å²) in [6, 6.07) is 0. The maximum absolute atomic E-state index is 7.39. The van der Waals surface area contributed by atoms with Crippen LogP contribution in [0.4, 0.5) is 0 Å². The van der Waals surface area contributed by atoms with Crippen molar-refractivity contribution < 1.29 is 0 Å². The van der Waals surface area contributed by atoms with E-state index in [0.29, 0.717) is 5.92 Å². The number of thiazole rings is 1. The number of nitrogens with zero attached hydrogens (tertiary/aromatic N) is 1. The smallest absolute Gasteiger partial charge is 0.135 e. The Morgan fingerprint density at radius 3 is 2.43 bits per heavy atom. The third-order valence-electron chi connectivity index (χ3n) is 2.39. The maximum Gasteiger partial charge on any atom is 0.135 e. The number of hydrogen-bond acceptors (Lipinski definition) is 3. The number of nitrogens with one attached hydrogen (secondary N) is 1. The molecule has 0 aromatic carbocycles. The van der Waals surface area contributed by atoms with Gasteiger partial charge in [0.2, 0.25) is 0 Å². The summed E-state index contributed by atoms with van der Waals surface area (Å²) in [5, 5.41) is 8.52. The molecule has 0 aliphatic carbocycles. The Morgan fingerprint density at radius 1 is 1.50 bits per heavy atom. The van der Waals surface area contributed by atoms with Crippen LogP contribution in [-0.4, -0.2) is 10.8 Å². The van der Waals surface area contributed by atoms with E-state index in [-0.39, 0.29) is 5.84 Å². The average Bonchev–Trinajstić information content (AvgIpc) is 2.50. The summed E-state index contributed by atoms with van der Waals surface area (Å²) >= 11 is 1.56. The zero-order valence-electron chi connectivity index (χ0n) is 8.92. The summed E-state index contributed by atoms with van der Waals surface area (Å²) in [5.74, 6) is 0.656. The molecule has 0 saturated heterocycles. The summed E-state index contributed by atoms with van der Waals surface area (Å²) in [7, 11) is 0. The number of hydrogen-bond donors (Lipinski definition) is 2. The number of nitrogens with two attached hydrogens (primary N) is 1. The second-order valence-electron chi connectivity index (χ2n) is 3.39. The topological polar surface area (TPSA) is 62.8 Å². The van der Waals surface area contributed by atoms with Crippen molar-refractivity contribution in [2.45, 2.75) is 39.5 Å². The molecular formula is C10H17N3S. The van der Waals surface area contributed by atoms with Gasteiger partial charge in [0.15, 0.2) is 0 Å². The van der Waals surface area contributed by atoms with Crippen molar-refractivity contribution in [1.82, 2.24) is 4.98 Å². The molecule has 1 aromatic rings. The summed E-state index contributed by atoms with van der Waals surface area (Å²) < 4.78 is 0. The van der Waals surface area contributed by atoms with Gasteiger partial charge in [-0.15, -0.1) is 11.3 Å². The fourth-order valence-electron chi connectivity index (χ4n) is 1.48. The largest absolute Gasteiger partial charge is 0.383 e. The highest BCUT2D eigenvalue weighted by atomic mass is 32.1. The molecule has 0 unspecified atom stereocenters. The summed E-state index contributed by atoms with van der Waals surface area (Å²) in [6.45, 7) is 6.25. The van der Waals surface area contributed by atoms with Crippen LogP contribution in [-0.2, 0) is 0 Å². The molecule has 0 aliphatic rings. The molecule has 0 amide bonds. The van der Waals surface area contributed by atoms with Crippen molar-refractivity contribution >= 4 is 17.2 Å². The van der Waals surface area contributed by atoms with Gasteiger partial charge in [-0.25, -0.2) is 4.98 Å². The first kappa shape index (κ1) is 11.2. The summed E-state index contributed by atoms with van der Waals surface area (Å²) in [4.78, 5) is 5.30. The van der Waals surface area contributed by atoms with Gasteiger partial charge in [-0.05, 0) is 19.8 Å². The van der Waals surface area contributed by atoms with Gasteiger partial charge in [0.25, 0.3) is 0 Å². The van der Waals surface area contributed by atoms with Crippen molar-refractivity contribution in [3.8, 4) is 0 Å². The number of aryl methyl sites for hydroxylation is 1. The third-order valence-corrected chi connectivity index (χ3v) is 3.75. The Balaban J connectivity index is 3.01. The van der Waals surface area contributed by atoms with Gasteiger partial charge in [-0.1, -0.05) is 13.8 Å². The SMILES string of the molecule is CCC(CC)c1nc(C)c(C(=N)N)s1. The van der Waals surface area contributed by atoms with Crippen LogP contribution < -0.4 is 5.73 Å². The molecule has 0 spiro atoms. The molecule has 4 heteroatoms. The van der Waals surface area contributed by atoms with E-state index in [1.165, 1.54) is 0 Å². The van der Waals surface area contributed by atoms with E-state index in [9.17, 15) is 0 Å². The van der Waals surface area contributed by atoms with E-state index in [4.69, 9.17) is 11.1 Å². The Hall–Kier alpha value is -0.900. The van der Waals surface area contributed by atoms with Crippen molar-refractivity contribution in [2.75, 3.05) is 0 Å². The van der Waals surface area contributed by atoms with Crippen LogP contribution in [0.2, 0.25) is 0 Å². The van der Waals surface area contributed by atoms with Gasteiger partial charge in [0, 0.05) is 5.92 Å². The van der Waals surface area contributed by atoms with Gasteiger partial charge >= 0.3 is 0 Å². The molecule has 0 saturated carbocycles. The van der Waals surface area contributed by atoms with E-state index in [1.807, 2.05) is 6.92 Å². The first-order valence-electron chi connectivity index (χ1n) is 4.91. The predicted octanol–water partition coefficient (Wildman–Crippen LogP) is 2.64. The average molecular weight is 211 g/mol. The Labute approximate surface area is 88.9 Å². The van der Waals surface area contributed by atoms with Crippen molar-refractivity contribution in [3.63, 3.8) is 0 Å². The molecule has 0 atom stereocenters. The van der Waals surface area contributed by atoms with E-state index < -0.39 is 0 Å².